The number of carboxylic acids is 1. The first kappa shape index (κ1) is 16.9. The Bertz CT molecular complexity index is 465. The van der Waals surface area contributed by atoms with Crippen LogP contribution in [0.5, 0.6) is 0 Å². The van der Waals surface area contributed by atoms with Crippen molar-refractivity contribution in [3.63, 3.8) is 0 Å². The smallest absolute Gasteiger partial charge is 0.314 e. The van der Waals surface area contributed by atoms with Crippen LogP contribution >= 0.6 is 0 Å². The Morgan fingerprint density at radius 2 is 1.95 bits per heavy atom. The zero-order valence-electron chi connectivity index (χ0n) is 11.8. The molecule has 1 aromatic rings. The third-order valence-electron chi connectivity index (χ3n) is 2.83. The van der Waals surface area contributed by atoms with Gasteiger partial charge < -0.3 is 20.5 Å². The van der Waals surface area contributed by atoms with Crippen LogP contribution in [0.3, 0.4) is 0 Å². The van der Waals surface area contributed by atoms with E-state index in [1.165, 1.54) is 19.2 Å². The standard InChI is InChI=1S/C14H19FN2O4/c1-21-12(10-4-6-11(15)7-5-10)9-17-14(20)16-8-2-3-13(18)19/h4-7,12H,2-3,8-9H2,1H3,(H,18,19)(H2,16,17,20). The fraction of sp³-hybridized carbons (Fsp3) is 0.429. The van der Waals surface area contributed by atoms with E-state index in [0.29, 0.717) is 6.42 Å². The van der Waals surface area contributed by atoms with Crippen LogP contribution in [0.15, 0.2) is 24.3 Å². The molecule has 116 valence electrons. The molecule has 21 heavy (non-hydrogen) atoms. The van der Waals surface area contributed by atoms with Crippen molar-refractivity contribution in [3.05, 3.63) is 35.6 Å². The van der Waals surface area contributed by atoms with E-state index in [4.69, 9.17) is 9.84 Å². The molecule has 0 aromatic heterocycles. The lowest BCUT2D eigenvalue weighted by atomic mass is 10.1. The molecular formula is C14H19FN2O4. The summed E-state index contributed by atoms with van der Waals surface area (Å²) in [7, 11) is 1.50. The number of rotatable bonds is 8. The van der Waals surface area contributed by atoms with Crippen molar-refractivity contribution in [2.45, 2.75) is 18.9 Å². The number of hydrogen-bond acceptors (Lipinski definition) is 3. The van der Waals surface area contributed by atoms with Gasteiger partial charge in [0.25, 0.3) is 0 Å². The summed E-state index contributed by atoms with van der Waals surface area (Å²) in [6.45, 7) is 0.513. The molecule has 1 rings (SSSR count). The molecule has 0 spiro atoms. The van der Waals surface area contributed by atoms with Crippen molar-refractivity contribution in [1.82, 2.24) is 10.6 Å². The lowest BCUT2D eigenvalue weighted by Gasteiger charge is -2.16. The maximum absolute atomic E-state index is 12.8. The summed E-state index contributed by atoms with van der Waals surface area (Å²) in [5.74, 6) is -1.23. The first-order valence-corrected chi connectivity index (χ1v) is 6.54. The molecule has 1 atom stereocenters. The number of urea groups is 1. The Hall–Kier alpha value is -2.15. The molecule has 1 unspecified atom stereocenters. The third kappa shape index (κ3) is 6.71. The average molecular weight is 298 g/mol. The van der Waals surface area contributed by atoms with E-state index < -0.39 is 12.0 Å². The lowest BCUT2D eigenvalue weighted by molar-refractivity contribution is -0.137. The van der Waals surface area contributed by atoms with Gasteiger partial charge in [-0.15, -0.1) is 0 Å². The van der Waals surface area contributed by atoms with Gasteiger partial charge in [-0.1, -0.05) is 12.1 Å². The fourth-order valence-corrected chi connectivity index (χ4v) is 1.70. The molecule has 0 bridgehead atoms. The van der Waals surface area contributed by atoms with Crippen LogP contribution in [0.25, 0.3) is 0 Å². The Morgan fingerprint density at radius 3 is 2.52 bits per heavy atom. The van der Waals surface area contributed by atoms with E-state index in [2.05, 4.69) is 10.6 Å². The van der Waals surface area contributed by atoms with Crippen LogP contribution in [0.1, 0.15) is 24.5 Å². The van der Waals surface area contributed by atoms with E-state index >= 15 is 0 Å². The highest BCUT2D eigenvalue weighted by molar-refractivity contribution is 5.74. The van der Waals surface area contributed by atoms with Crippen LogP contribution in [0.4, 0.5) is 9.18 Å². The summed E-state index contributed by atoms with van der Waals surface area (Å²) in [6, 6.07) is 5.44. The van der Waals surface area contributed by atoms with Gasteiger partial charge >= 0.3 is 12.0 Å². The minimum atomic E-state index is -0.895. The Balaban J connectivity index is 2.32. The number of amides is 2. The molecule has 3 N–H and O–H groups in total. The zero-order valence-corrected chi connectivity index (χ0v) is 11.8. The normalized spacial score (nSPS) is 11.7. The molecule has 7 heteroatoms. The molecule has 2 amide bonds. The third-order valence-corrected chi connectivity index (χ3v) is 2.83. The van der Waals surface area contributed by atoms with Crippen LogP contribution < -0.4 is 10.6 Å². The fourth-order valence-electron chi connectivity index (χ4n) is 1.70. The number of hydrogen-bond donors (Lipinski definition) is 3. The molecule has 0 saturated carbocycles. The number of carbonyl (C=O) groups excluding carboxylic acids is 1. The zero-order chi connectivity index (χ0) is 15.7. The number of halogens is 1. The van der Waals surface area contributed by atoms with Crippen molar-refractivity contribution < 1.29 is 23.8 Å². The van der Waals surface area contributed by atoms with Crippen molar-refractivity contribution in [2.75, 3.05) is 20.2 Å². The minimum Gasteiger partial charge on any atom is -0.481 e. The first-order valence-electron chi connectivity index (χ1n) is 6.54. The highest BCUT2D eigenvalue weighted by Gasteiger charge is 2.12. The van der Waals surface area contributed by atoms with Crippen molar-refractivity contribution in [3.8, 4) is 0 Å². The summed E-state index contributed by atoms with van der Waals surface area (Å²) in [6.07, 6.45) is 0.000650. The summed E-state index contributed by atoms with van der Waals surface area (Å²) >= 11 is 0. The number of benzene rings is 1. The molecule has 1 aromatic carbocycles. The topological polar surface area (TPSA) is 87.7 Å². The second kappa shape index (κ2) is 8.91. The van der Waals surface area contributed by atoms with Gasteiger partial charge in [-0.2, -0.15) is 0 Å². The molecule has 0 saturated heterocycles. The second-order valence-corrected chi connectivity index (χ2v) is 4.41. The molecule has 0 aliphatic carbocycles. The molecule has 0 fully saturated rings. The Morgan fingerprint density at radius 1 is 1.29 bits per heavy atom. The summed E-state index contributed by atoms with van der Waals surface area (Å²) in [4.78, 5) is 21.8. The van der Waals surface area contributed by atoms with E-state index in [1.54, 1.807) is 12.1 Å². The second-order valence-electron chi connectivity index (χ2n) is 4.41. The first-order chi connectivity index (χ1) is 10.0. The number of carboxylic acid groups (broad SMARTS) is 1. The van der Waals surface area contributed by atoms with E-state index in [1.807, 2.05) is 0 Å². The van der Waals surface area contributed by atoms with Crippen LogP contribution in [-0.2, 0) is 9.53 Å². The molecule has 0 aliphatic rings. The van der Waals surface area contributed by atoms with Crippen molar-refractivity contribution in [2.24, 2.45) is 0 Å². The van der Waals surface area contributed by atoms with Gasteiger partial charge in [0.1, 0.15) is 5.82 Å². The van der Waals surface area contributed by atoms with Crippen LogP contribution in [-0.4, -0.2) is 37.3 Å². The van der Waals surface area contributed by atoms with Gasteiger partial charge in [0.2, 0.25) is 0 Å². The van der Waals surface area contributed by atoms with Gasteiger partial charge in [-0.3, -0.25) is 4.79 Å². The van der Waals surface area contributed by atoms with Crippen molar-refractivity contribution in [1.29, 1.82) is 0 Å². The van der Waals surface area contributed by atoms with E-state index in [9.17, 15) is 14.0 Å². The van der Waals surface area contributed by atoms with Gasteiger partial charge in [-0.05, 0) is 24.1 Å². The predicted octanol–water partition coefficient (Wildman–Crippen LogP) is 1.68. The number of aliphatic carboxylic acids is 1. The summed E-state index contributed by atoms with van der Waals surface area (Å²) in [5.41, 5.74) is 0.755. The molecule has 6 nitrogen and oxygen atoms in total. The van der Waals surface area contributed by atoms with Crippen LogP contribution in [0, 0.1) is 5.82 Å². The minimum absolute atomic E-state index is 0.0105. The van der Waals surface area contributed by atoms with Gasteiger partial charge in [-0.25, -0.2) is 9.18 Å². The van der Waals surface area contributed by atoms with Crippen molar-refractivity contribution >= 4 is 12.0 Å². The van der Waals surface area contributed by atoms with Gasteiger partial charge in [0.05, 0.1) is 6.10 Å². The number of methoxy groups -OCH3 is 1. The van der Waals surface area contributed by atoms with Crippen LogP contribution in [0.2, 0.25) is 0 Å². The number of ether oxygens (including phenoxy) is 1. The maximum atomic E-state index is 12.8. The summed E-state index contributed by atoms with van der Waals surface area (Å²) < 4.78 is 18.1. The molecular weight excluding hydrogens is 279 g/mol. The number of carbonyl (C=O) groups is 2. The van der Waals surface area contributed by atoms with E-state index in [-0.39, 0.29) is 31.4 Å². The predicted molar refractivity (Wildman–Crippen MR) is 74.4 cm³/mol. The Labute approximate surface area is 122 Å². The highest BCUT2D eigenvalue weighted by Crippen LogP contribution is 2.15. The van der Waals surface area contributed by atoms with Gasteiger partial charge in [0.15, 0.2) is 0 Å². The lowest BCUT2D eigenvalue weighted by Crippen LogP contribution is -2.38. The van der Waals surface area contributed by atoms with Gasteiger partial charge in [0, 0.05) is 26.6 Å². The monoisotopic (exact) mass is 298 g/mol. The van der Waals surface area contributed by atoms with E-state index in [0.717, 1.165) is 5.56 Å². The Kier molecular flexibility index (Phi) is 7.17. The largest absolute Gasteiger partial charge is 0.481 e. The SMILES string of the molecule is COC(CNC(=O)NCCCC(=O)O)c1ccc(F)cc1. The molecule has 0 aliphatic heterocycles. The quantitative estimate of drug-likeness (QED) is 0.637. The highest BCUT2D eigenvalue weighted by atomic mass is 19.1. The summed E-state index contributed by atoms with van der Waals surface area (Å²) in [5, 5.41) is 13.6. The molecule has 0 heterocycles. The maximum Gasteiger partial charge on any atom is 0.314 e. The average Bonchev–Trinajstić information content (AvgIpc) is 2.46. The number of nitrogens with one attached hydrogen (secondary N) is 2. The molecule has 0 radical (unpaired) electrons.